The van der Waals surface area contributed by atoms with Crippen molar-refractivity contribution in [2.45, 2.75) is 58.2 Å². The minimum atomic E-state index is 0.728. The lowest BCUT2D eigenvalue weighted by molar-refractivity contribution is 0.223. The molecule has 0 bridgehead atoms. The molecule has 2 saturated carbocycles. The lowest BCUT2D eigenvalue weighted by atomic mass is 10.3. The van der Waals surface area contributed by atoms with Crippen LogP contribution in [0.3, 0.4) is 0 Å². The van der Waals surface area contributed by atoms with E-state index in [1.807, 2.05) is 0 Å². The number of nitrogens with one attached hydrogen (secondary N) is 1. The van der Waals surface area contributed by atoms with Gasteiger partial charge in [-0.1, -0.05) is 12.1 Å². The zero-order valence-electron chi connectivity index (χ0n) is 11.9. The van der Waals surface area contributed by atoms with Crippen LogP contribution < -0.4 is 5.32 Å². The first-order valence-electron chi connectivity index (χ1n) is 7.73. The van der Waals surface area contributed by atoms with Crippen LogP contribution in [-0.2, 0) is 13.1 Å². The fourth-order valence-corrected chi connectivity index (χ4v) is 2.49. The van der Waals surface area contributed by atoms with E-state index in [1.165, 1.54) is 38.6 Å². The van der Waals surface area contributed by atoms with Crippen LogP contribution in [0.2, 0.25) is 0 Å². The van der Waals surface area contributed by atoms with Crippen LogP contribution in [0.4, 0.5) is 0 Å². The Morgan fingerprint density at radius 1 is 1.37 bits per heavy atom. The summed E-state index contributed by atoms with van der Waals surface area (Å²) in [4.78, 5) is 2.51. The van der Waals surface area contributed by atoms with Gasteiger partial charge in [-0.05, 0) is 44.6 Å². The van der Waals surface area contributed by atoms with Gasteiger partial charge < -0.3 is 9.84 Å². The Hall–Kier alpha value is -0.870. The Kier molecular flexibility index (Phi) is 4.18. The van der Waals surface area contributed by atoms with Gasteiger partial charge in [0.05, 0.1) is 12.2 Å². The van der Waals surface area contributed by atoms with Gasteiger partial charge in [-0.3, -0.25) is 4.90 Å². The average Bonchev–Trinajstić information content (AvgIpc) is 3.30. The van der Waals surface area contributed by atoms with Crippen LogP contribution in [0.25, 0.3) is 0 Å². The van der Waals surface area contributed by atoms with Crippen molar-refractivity contribution >= 4 is 0 Å². The maximum Gasteiger partial charge on any atom is 0.151 e. The summed E-state index contributed by atoms with van der Waals surface area (Å²) < 4.78 is 5.46. The predicted molar refractivity (Wildman–Crippen MR) is 74.7 cm³/mol. The lowest BCUT2D eigenvalue weighted by Crippen LogP contribution is -2.26. The second-order valence-corrected chi connectivity index (χ2v) is 6.12. The van der Waals surface area contributed by atoms with Gasteiger partial charge in [0.1, 0.15) is 0 Å². The van der Waals surface area contributed by atoms with Crippen LogP contribution in [0.5, 0.6) is 0 Å². The average molecular weight is 263 g/mol. The molecular weight excluding hydrogens is 238 g/mol. The van der Waals surface area contributed by atoms with Gasteiger partial charge in [-0.25, -0.2) is 0 Å². The van der Waals surface area contributed by atoms with Crippen LogP contribution in [0.1, 0.15) is 50.5 Å². The number of hydrogen-bond acceptors (Lipinski definition) is 4. The first kappa shape index (κ1) is 13.1. The van der Waals surface area contributed by atoms with Gasteiger partial charge in [0, 0.05) is 25.2 Å². The first-order chi connectivity index (χ1) is 9.33. The van der Waals surface area contributed by atoms with Gasteiger partial charge in [0.25, 0.3) is 0 Å². The van der Waals surface area contributed by atoms with E-state index in [0.717, 1.165) is 43.0 Å². The molecule has 4 nitrogen and oxygen atoms in total. The van der Waals surface area contributed by atoms with E-state index in [0.29, 0.717) is 0 Å². The van der Waals surface area contributed by atoms with Crippen molar-refractivity contribution < 1.29 is 4.52 Å². The molecule has 2 fully saturated rings. The molecule has 1 aromatic heterocycles. The van der Waals surface area contributed by atoms with Crippen molar-refractivity contribution in [3.05, 3.63) is 17.5 Å². The highest BCUT2D eigenvalue weighted by Crippen LogP contribution is 2.30. The molecule has 0 saturated heterocycles. The Bertz CT molecular complexity index is 396. The molecule has 2 aliphatic carbocycles. The van der Waals surface area contributed by atoms with Gasteiger partial charge >= 0.3 is 0 Å². The van der Waals surface area contributed by atoms with Gasteiger partial charge in [-0.2, -0.15) is 0 Å². The van der Waals surface area contributed by atoms with Crippen LogP contribution >= 0.6 is 0 Å². The third-order valence-electron chi connectivity index (χ3n) is 3.89. The molecule has 1 heterocycles. The summed E-state index contributed by atoms with van der Waals surface area (Å²) in [6.07, 6.45) is 6.66. The highest BCUT2D eigenvalue weighted by atomic mass is 16.5. The molecule has 106 valence electrons. The highest BCUT2D eigenvalue weighted by Gasteiger charge is 2.25. The Labute approximate surface area is 115 Å². The molecule has 19 heavy (non-hydrogen) atoms. The van der Waals surface area contributed by atoms with Crippen molar-refractivity contribution in [1.82, 2.24) is 15.4 Å². The second kappa shape index (κ2) is 6.06. The van der Waals surface area contributed by atoms with E-state index in [-0.39, 0.29) is 0 Å². The van der Waals surface area contributed by atoms with Gasteiger partial charge in [0.2, 0.25) is 0 Å². The standard InChI is InChI=1S/C15H25N3O/c1-2-7-18(10-12-3-4-12)11-15-8-14(17-19-15)9-16-13-5-6-13/h8,12-13,16H,2-7,9-11H2,1H3. The maximum absolute atomic E-state index is 5.46. The fourth-order valence-electron chi connectivity index (χ4n) is 2.49. The minimum absolute atomic E-state index is 0.728. The number of hydrogen-bond donors (Lipinski definition) is 1. The Morgan fingerprint density at radius 2 is 2.21 bits per heavy atom. The van der Waals surface area contributed by atoms with E-state index in [4.69, 9.17) is 4.52 Å². The molecule has 0 radical (unpaired) electrons. The molecule has 0 amide bonds. The largest absolute Gasteiger partial charge is 0.360 e. The summed E-state index contributed by atoms with van der Waals surface area (Å²) in [5.74, 6) is 1.95. The van der Waals surface area contributed by atoms with Crippen molar-refractivity contribution in [1.29, 1.82) is 0 Å². The minimum Gasteiger partial charge on any atom is -0.360 e. The lowest BCUT2D eigenvalue weighted by Gasteiger charge is -2.19. The zero-order valence-corrected chi connectivity index (χ0v) is 11.9. The van der Waals surface area contributed by atoms with Crippen molar-refractivity contribution in [2.75, 3.05) is 13.1 Å². The highest BCUT2D eigenvalue weighted by molar-refractivity contribution is 5.06. The molecule has 0 spiro atoms. The summed E-state index contributed by atoms with van der Waals surface area (Å²) in [6.45, 7) is 6.40. The quantitative estimate of drug-likeness (QED) is 0.743. The molecule has 0 aromatic carbocycles. The second-order valence-electron chi connectivity index (χ2n) is 6.12. The summed E-state index contributed by atoms with van der Waals surface area (Å²) in [7, 11) is 0. The van der Waals surface area contributed by atoms with E-state index >= 15 is 0 Å². The van der Waals surface area contributed by atoms with E-state index in [9.17, 15) is 0 Å². The van der Waals surface area contributed by atoms with Gasteiger partial charge in [-0.15, -0.1) is 0 Å². The van der Waals surface area contributed by atoms with Gasteiger partial charge in [0.15, 0.2) is 5.76 Å². The fraction of sp³-hybridized carbons (Fsp3) is 0.800. The van der Waals surface area contributed by atoms with Crippen LogP contribution in [0.15, 0.2) is 10.6 Å². The molecule has 0 aliphatic heterocycles. The molecule has 4 heteroatoms. The number of aromatic nitrogens is 1. The number of nitrogens with zero attached hydrogens (tertiary/aromatic N) is 2. The predicted octanol–water partition coefficient (Wildman–Crippen LogP) is 2.55. The van der Waals surface area contributed by atoms with Crippen molar-refractivity contribution in [3.63, 3.8) is 0 Å². The summed E-state index contributed by atoms with van der Waals surface area (Å²) in [5.41, 5.74) is 1.05. The molecular formula is C15H25N3O. The first-order valence-corrected chi connectivity index (χ1v) is 7.73. The normalized spacial score (nSPS) is 19.3. The number of rotatable bonds is 9. The zero-order chi connectivity index (χ0) is 13.1. The van der Waals surface area contributed by atoms with Crippen molar-refractivity contribution in [3.8, 4) is 0 Å². The summed E-state index contributed by atoms with van der Waals surface area (Å²) in [5, 5.41) is 7.63. The molecule has 0 unspecified atom stereocenters. The van der Waals surface area contributed by atoms with E-state index in [1.54, 1.807) is 0 Å². The third kappa shape index (κ3) is 4.32. The maximum atomic E-state index is 5.46. The topological polar surface area (TPSA) is 41.3 Å². The molecule has 1 aromatic rings. The molecule has 0 atom stereocenters. The summed E-state index contributed by atoms with van der Waals surface area (Å²) in [6, 6.07) is 2.84. The van der Waals surface area contributed by atoms with Crippen LogP contribution in [-0.4, -0.2) is 29.2 Å². The monoisotopic (exact) mass is 263 g/mol. The Balaban J connectivity index is 1.48. The van der Waals surface area contributed by atoms with E-state index in [2.05, 4.69) is 28.4 Å². The third-order valence-corrected chi connectivity index (χ3v) is 3.89. The summed E-state index contributed by atoms with van der Waals surface area (Å²) >= 11 is 0. The smallest absolute Gasteiger partial charge is 0.151 e. The SMILES string of the molecule is CCCN(Cc1cc(CNC2CC2)no1)CC1CC1. The van der Waals surface area contributed by atoms with Crippen LogP contribution in [0, 0.1) is 5.92 Å². The molecule has 2 aliphatic rings. The molecule has 1 N–H and O–H groups in total. The molecule has 3 rings (SSSR count). The Morgan fingerprint density at radius 3 is 2.89 bits per heavy atom. The van der Waals surface area contributed by atoms with E-state index < -0.39 is 0 Å². The van der Waals surface area contributed by atoms with Crippen molar-refractivity contribution in [2.24, 2.45) is 5.92 Å².